The highest BCUT2D eigenvalue weighted by Crippen LogP contribution is 2.18. The fourth-order valence-corrected chi connectivity index (χ4v) is 1.41. The van der Waals surface area contributed by atoms with Gasteiger partial charge in [-0.25, -0.2) is 4.98 Å². The van der Waals surface area contributed by atoms with Crippen LogP contribution in [0.3, 0.4) is 0 Å². The molecule has 2 aromatic rings. The molecule has 13 heavy (non-hydrogen) atoms. The van der Waals surface area contributed by atoms with Gasteiger partial charge >= 0.3 is 6.08 Å². The van der Waals surface area contributed by atoms with Crippen molar-refractivity contribution < 1.29 is 4.39 Å². The first-order valence-corrected chi connectivity index (χ1v) is 4.14. The summed E-state index contributed by atoms with van der Waals surface area (Å²) < 4.78 is 14.4. The van der Waals surface area contributed by atoms with Crippen LogP contribution in [0.25, 0.3) is 11.2 Å². The summed E-state index contributed by atoms with van der Waals surface area (Å²) >= 11 is 5.74. The molecule has 0 aliphatic heterocycles. The molecule has 0 N–H and O–H groups in total. The molecular formula is C7H6ClFN4. The van der Waals surface area contributed by atoms with Crippen molar-refractivity contribution in [1.82, 2.24) is 19.5 Å². The number of imidazole rings is 1. The van der Waals surface area contributed by atoms with Crippen molar-refractivity contribution in [3.63, 3.8) is 0 Å². The molecule has 0 fully saturated rings. The third-order valence-corrected chi connectivity index (χ3v) is 2.01. The molecule has 0 bridgehead atoms. The van der Waals surface area contributed by atoms with E-state index in [-0.39, 0.29) is 5.15 Å². The molecule has 6 heteroatoms. The summed E-state index contributed by atoms with van der Waals surface area (Å²) in [5, 5.41) is 0.0989. The van der Waals surface area contributed by atoms with E-state index in [4.69, 9.17) is 11.6 Å². The predicted molar refractivity (Wildman–Crippen MR) is 46.0 cm³/mol. The number of hydrogen-bond acceptors (Lipinski definition) is 3. The highest BCUT2D eigenvalue weighted by molar-refractivity contribution is 6.33. The second-order valence-corrected chi connectivity index (χ2v) is 2.84. The Labute approximate surface area is 78.4 Å². The second-order valence-electron chi connectivity index (χ2n) is 2.49. The van der Waals surface area contributed by atoms with E-state index < -0.39 is 6.08 Å². The van der Waals surface area contributed by atoms with Gasteiger partial charge in [0, 0.05) is 6.54 Å². The van der Waals surface area contributed by atoms with E-state index >= 15 is 0 Å². The van der Waals surface area contributed by atoms with Gasteiger partial charge in [-0.2, -0.15) is 14.4 Å². The molecule has 0 aromatic carbocycles. The lowest BCUT2D eigenvalue weighted by Gasteiger charge is -1.98. The van der Waals surface area contributed by atoms with E-state index in [9.17, 15) is 4.39 Å². The predicted octanol–water partition coefficient (Wildman–Crippen LogP) is 1.64. The maximum absolute atomic E-state index is 12.7. The van der Waals surface area contributed by atoms with Gasteiger partial charge in [-0.1, -0.05) is 11.6 Å². The van der Waals surface area contributed by atoms with Gasteiger partial charge in [0.05, 0.1) is 6.33 Å². The average Bonchev–Trinajstić information content (AvgIpc) is 2.47. The van der Waals surface area contributed by atoms with Crippen LogP contribution in [0.1, 0.15) is 6.92 Å². The van der Waals surface area contributed by atoms with Crippen LogP contribution in [0.5, 0.6) is 0 Å². The molecular weight excluding hydrogens is 195 g/mol. The number of nitrogens with zero attached hydrogens (tertiary/aromatic N) is 4. The summed E-state index contributed by atoms with van der Waals surface area (Å²) in [6, 6.07) is 0. The van der Waals surface area contributed by atoms with Gasteiger partial charge in [0.1, 0.15) is 5.52 Å². The summed E-state index contributed by atoms with van der Waals surface area (Å²) in [4.78, 5) is 10.8. The molecule has 4 nitrogen and oxygen atoms in total. The van der Waals surface area contributed by atoms with Crippen LogP contribution in [0.4, 0.5) is 4.39 Å². The van der Waals surface area contributed by atoms with E-state index in [1.807, 2.05) is 6.92 Å². The highest BCUT2D eigenvalue weighted by atomic mass is 35.5. The molecule has 2 aromatic heterocycles. The van der Waals surface area contributed by atoms with Gasteiger partial charge in [-0.05, 0) is 6.92 Å². The molecule has 0 saturated heterocycles. The summed E-state index contributed by atoms with van der Waals surface area (Å²) in [5.74, 6) is 0. The maximum Gasteiger partial charge on any atom is 0.312 e. The van der Waals surface area contributed by atoms with Crippen LogP contribution in [0, 0.1) is 6.08 Å². The molecule has 68 valence electrons. The monoisotopic (exact) mass is 200 g/mol. The van der Waals surface area contributed by atoms with E-state index in [0.717, 1.165) is 0 Å². The topological polar surface area (TPSA) is 43.6 Å². The Bertz CT molecular complexity index is 453. The van der Waals surface area contributed by atoms with E-state index in [1.165, 1.54) is 0 Å². The van der Waals surface area contributed by atoms with Crippen molar-refractivity contribution in [1.29, 1.82) is 0 Å². The number of fused-ring (bicyclic) bond motifs is 1. The summed E-state index contributed by atoms with van der Waals surface area (Å²) in [6.45, 7) is 2.63. The fraction of sp³-hybridized carbons (Fsp3) is 0.286. The Morgan fingerprint density at radius 1 is 1.54 bits per heavy atom. The Kier molecular flexibility index (Phi) is 1.88. The van der Waals surface area contributed by atoms with Gasteiger partial charge in [-0.3, -0.25) is 0 Å². The average molecular weight is 201 g/mol. The van der Waals surface area contributed by atoms with Gasteiger partial charge < -0.3 is 4.57 Å². The maximum atomic E-state index is 12.7. The van der Waals surface area contributed by atoms with E-state index in [0.29, 0.717) is 17.7 Å². The molecule has 0 aliphatic rings. The molecule has 0 unspecified atom stereocenters. The summed E-state index contributed by atoms with van der Waals surface area (Å²) in [7, 11) is 0. The number of halogens is 2. The zero-order valence-corrected chi connectivity index (χ0v) is 7.59. The zero-order valence-electron chi connectivity index (χ0n) is 6.83. The zero-order chi connectivity index (χ0) is 9.42. The molecule has 0 spiro atoms. The quantitative estimate of drug-likeness (QED) is 0.519. The first-order chi connectivity index (χ1) is 6.22. The van der Waals surface area contributed by atoms with Gasteiger partial charge in [0.2, 0.25) is 0 Å². The minimum atomic E-state index is -0.848. The van der Waals surface area contributed by atoms with Crippen molar-refractivity contribution >= 4 is 22.8 Å². The van der Waals surface area contributed by atoms with Crippen LogP contribution in [-0.2, 0) is 6.54 Å². The molecule has 2 rings (SSSR count). The Hall–Kier alpha value is -1.23. The minimum Gasteiger partial charge on any atom is -0.327 e. The van der Waals surface area contributed by atoms with Gasteiger partial charge in [0.25, 0.3) is 0 Å². The molecule has 0 aliphatic carbocycles. The van der Waals surface area contributed by atoms with Crippen LogP contribution in [0.2, 0.25) is 5.15 Å². The van der Waals surface area contributed by atoms with E-state index in [1.54, 1.807) is 10.9 Å². The van der Waals surface area contributed by atoms with Crippen LogP contribution < -0.4 is 0 Å². The lowest BCUT2D eigenvalue weighted by atomic mass is 10.5. The third-order valence-electron chi connectivity index (χ3n) is 1.74. The Morgan fingerprint density at radius 2 is 2.31 bits per heavy atom. The fourth-order valence-electron chi connectivity index (χ4n) is 1.15. The molecule has 0 atom stereocenters. The van der Waals surface area contributed by atoms with E-state index in [2.05, 4.69) is 15.0 Å². The minimum absolute atomic E-state index is 0.0989. The number of aryl methyl sites for hydroxylation is 1. The number of aromatic nitrogens is 4. The van der Waals surface area contributed by atoms with Crippen molar-refractivity contribution in [2.24, 2.45) is 0 Å². The number of rotatable bonds is 1. The van der Waals surface area contributed by atoms with Crippen LogP contribution in [0.15, 0.2) is 6.33 Å². The smallest absolute Gasteiger partial charge is 0.312 e. The Balaban J connectivity index is 2.82. The SMILES string of the molecule is CCn1cnc2nc(F)nc(Cl)c21. The lowest BCUT2D eigenvalue weighted by Crippen LogP contribution is -1.96. The molecule has 0 radical (unpaired) electrons. The van der Waals surface area contributed by atoms with Gasteiger partial charge in [-0.15, -0.1) is 0 Å². The first kappa shape index (κ1) is 8.37. The third kappa shape index (κ3) is 1.25. The highest BCUT2D eigenvalue weighted by Gasteiger charge is 2.10. The van der Waals surface area contributed by atoms with Crippen molar-refractivity contribution in [3.8, 4) is 0 Å². The largest absolute Gasteiger partial charge is 0.327 e. The first-order valence-electron chi connectivity index (χ1n) is 3.76. The molecule has 2 heterocycles. The number of hydrogen-bond donors (Lipinski definition) is 0. The standard InChI is InChI=1S/C7H6ClFN4/c1-2-13-3-10-6-4(13)5(8)11-7(9)12-6/h3H,2H2,1H3. The van der Waals surface area contributed by atoms with Crippen molar-refractivity contribution in [2.45, 2.75) is 13.5 Å². The van der Waals surface area contributed by atoms with Crippen molar-refractivity contribution in [2.75, 3.05) is 0 Å². The van der Waals surface area contributed by atoms with Crippen LogP contribution in [-0.4, -0.2) is 19.5 Å². The molecule has 0 saturated carbocycles. The van der Waals surface area contributed by atoms with Crippen LogP contribution >= 0.6 is 11.6 Å². The lowest BCUT2D eigenvalue weighted by molar-refractivity contribution is 0.543. The molecule has 0 amide bonds. The second kappa shape index (κ2) is 2.92. The Morgan fingerprint density at radius 3 is 3.00 bits per heavy atom. The summed E-state index contributed by atoms with van der Waals surface area (Å²) in [5.41, 5.74) is 0.866. The summed E-state index contributed by atoms with van der Waals surface area (Å²) in [6.07, 6.45) is 0.712. The van der Waals surface area contributed by atoms with Crippen molar-refractivity contribution in [3.05, 3.63) is 17.6 Å². The van der Waals surface area contributed by atoms with Gasteiger partial charge in [0.15, 0.2) is 10.8 Å². The normalized spacial score (nSPS) is 11.0.